The normalized spacial score (nSPS) is 11.0. The van der Waals surface area contributed by atoms with Crippen molar-refractivity contribution in [1.82, 2.24) is 73.7 Å². The van der Waals surface area contributed by atoms with E-state index in [0.29, 0.717) is 76.0 Å². The third-order valence-corrected chi connectivity index (χ3v) is 19.2. The van der Waals surface area contributed by atoms with Gasteiger partial charge in [0.2, 0.25) is 23.8 Å². The molecule has 0 aliphatic rings. The Kier molecular flexibility index (Phi) is 24.5. The van der Waals surface area contributed by atoms with Crippen LogP contribution in [0.1, 0.15) is 69.4 Å². The second-order valence-electron chi connectivity index (χ2n) is 24.5. The Morgan fingerprint density at radius 1 is 0.406 bits per heavy atom. The van der Waals surface area contributed by atoms with Gasteiger partial charge in [-0.05, 0) is 225 Å². The standard InChI is InChI=1S/C21H24N7O2P.C21H22N6O.C14H16N6.C9H14NOP.C7H7BrO.CH4/c1-13-12-15(31(4,5)29)10-11-16(13)23-19-25-20-22-14(2)27-28(20)21(26-19)24-17-8-6-7-9-18(17)30-3;1-12-10-13(2)18(14(3)11-12)19-24-20-22-15(4)26-27(20)21(25-19)23-16-8-6-7-9-17(16)28-5;1-7-5-8(2)11(9(3)6-7)12-17-13(15)20-14(18-12)16-10(4)19-20;1-7-6-8(12(2,3)11)4-5-9(7)10;1-9-7-5-3-2-4-6(7)8;/h6-12H,1-5H3,(H2,22,23,24,25,26,27);6-11H,1-5H3,(H,22,23,24,25,26);5-6H,1-4H3,(H2,15,16,17,18,19);4-6H,10H2,1-3H3;2-5H,1H3;1H4. The number of nitrogens with two attached hydrogens (primary N) is 2. The molecular formula is C73H87BrN20O5P2. The van der Waals surface area contributed by atoms with Gasteiger partial charge in [-0.25, -0.2) is 0 Å². The van der Waals surface area contributed by atoms with E-state index in [1.807, 2.05) is 144 Å². The van der Waals surface area contributed by atoms with Gasteiger partial charge in [0.1, 0.15) is 49.0 Å². The number of aromatic nitrogens is 15. The molecule has 0 unspecified atom stereocenters. The minimum atomic E-state index is -2.33. The number of benzene rings is 7. The maximum atomic E-state index is 12.4. The van der Waals surface area contributed by atoms with Crippen molar-refractivity contribution in [3.8, 4) is 40.0 Å². The Morgan fingerprint density at radius 3 is 1.24 bits per heavy atom. The van der Waals surface area contributed by atoms with Crippen LogP contribution >= 0.6 is 30.2 Å². The zero-order valence-corrected chi connectivity index (χ0v) is 62.8. The first kappa shape index (κ1) is 76.1. The third kappa shape index (κ3) is 18.8. The van der Waals surface area contributed by atoms with Crippen LogP contribution in [-0.2, 0) is 9.13 Å². The number of hydrogen-bond donors (Lipinski definition) is 5. The van der Waals surface area contributed by atoms with E-state index in [2.05, 4.69) is 139 Å². The lowest BCUT2D eigenvalue weighted by atomic mass is 9.99. The van der Waals surface area contributed by atoms with Crippen molar-refractivity contribution in [3.63, 3.8) is 0 Å². The molecule has 0 fully saturated rings. The van der Waals surface area contributed by atoms with Crippen LogP contribution in [0.3, 0.4) is 0 Å². The van der Waals surface area contributed by atoms with Crippen LogP contribution in [0.15, 0.2) is 138 Å². The van der Waals surface area contributed by atoms with Gasteiger partial charge in [-0.15, -0.1) is 15.3 Å². The van der Waals surface area contributed by atoms with Gasteiger partial charge in [0, 0.05) is 33.1 Å². The van der Waals surface area contributed by atoms with Crippen molar-refractivity contribution in [2.45, 2.75) is 83.6 Å². The summed E-state index contributed by atoms with van der Waals surface area (Å²) < 4.78 is 45.5. The Hall–Kier alpha value is -10.7. The number of nitrogens with one attached hydrogen (secondary N) is 3. The van der Waals surface area contributed by atoms with Crippen molar-refractivity contribution in [2.24, 2.45) is 0 Å². The highest BCUT2D eigenvalue weighted by molar-refractivity contribution is 9.10. The van der Waals surface area contributed by atoms with Gasteiger partial charge in [0.15, 0.2) is 11.6 Å². The van der Waals surface area contributed by atoms with Crippen LogP contribution in [-0.4, -0.2) is 122 Å². The summed E-state index contributed by atoms with van der Waals surface area (Å²) in [5, 5.41) is 24.5. The van der Waals surface area contributed by atoms with Gasteiger partial charge in [-0.3, -0.25) is 0 Å². The van der Waals surface area contributed by atoms with Crippen LogP contribution in [0.5, 0.6) is 17.2 Å². The topological polar surface area (TPSA) is 318 Å². The summed E-state index contributed by atoms with van der Waals surface area (Å²) >= 11 is 3.33. The zero-order chi connectivity index (χ0) is 72.5. The average Bonchev–Trinajstić information content (AvgIpc) is 1.74. The maximum Gasteiger partial charge on any atom is 0.258 e. The number of nitrogen functional groups attached to an aromatic ring is 2. The summed E-state index contributed by atoms with van der Waals surface area (Å²) in [6.07, 6.45) is 0. The molecule has 25 nitrogen and oxygen atoms in total. The molecule has 0 amide bonds. The van der Waals surface area contributed by atoms with Crippen LogP contribution in [0, 0.1) is 76.2 Å². The van der Waals surface area contributed by atoms with E-state index in [1.165, 1.54) is 15.6 Å². The molecule has 101 heavy (non-hydrogen) atoms. The highest BCUT2D eigenvalue weighted by atomic mass is 79.9. The molecule has 13 rings (SSSR count). The molecule has 0 aliphatic heterocycles. The molecule has 6 aromatic heterocycles. The molecule has 0 saturated carbocycles. The van der Waals surface area contributed by atoms with E-state index >= 15 is 0 Å². The predicted octanol–water partition coefficient (Wildman–Crippen LogP) is 15.0. The lowest BCUT2D eigenvalue weighted by molar-refractivity contribution is 0.412. The number of aryl methyl sites for hydroxylation is 11. The molecule has 0 aliphatic carbocycles. The monoisotopic (exact) mass is 1460 g/mol. The lowest BCUT2D eigenvalue weighted by Crippen LogP contribution is -2.10. The van der Waals surface area contributed by atoms with Crippen molar-refractivity contribution in [3.05, 3.63) is 200 Å². The number of methoxy groups -OCH3 is 3. The van der Waals surface area contributed by atoms with Crippen LogP contribution < -0.4 is 52.2 Å². The number of para-hydroxylation sites is 5. The van der Waals surface area contributed by atoms with E-state index in [-0.39, 0.29) is 7.43 Å². The summed E-state index contributed by atoms with van der Waals surface area (Å²) in [5.41, 5.74) is 25.6. The van der Waals surface area contributed by atoms with Crippen LogP contribution in [0.4, 0.5) is 46.5 Å². The number of anilines is 8. The molecule has 0 radical (unpaired) electrons. The van der Waals surface area contributed by atoms with Gasteiger partial charge in [-0.1, -0.05) is 79.2 Å². The van der Waals surface area contributed by atoms with Crippen molar-refractivity contribution in [1.29, 1.82) is 0 Å². The molecule has 28 heteroatoms. The van der Waals surface area contributed by atoms with Crippen molar-refractivity contribution >= 4 is 105 Å². The fourth-order valence-corrected chi connectivity index (χ4v) is 13.1. The van der Waals surface area contributed by atoms with Crippen LogP contribution in [0.2, 0.25) is 0 Å². The maximum absolute atomic E-state index is 12.4. The number of fused-ring (bicyclic) bond motifs is 3. The lowest BCUT2D eigenvalue weighted by Gasteiger charge is -2.14. The minimum Gasteiger partial charge on any atom is -0.496 e. The SMILES string of the molecule is C.COc1ccccc1Br.COc1ccccc1Nc1nc(-c2c(C)cc(C)cc2C)nc2nc(C)nn12.COc1ccccc1Nc1nc(Nc2ccc(P(C)(C)=O)cc2C)nc2nc(C)nn12.Cc1cc(C)c(-c2nc(N)n3nc(C)nc3n2)c(C)c1.Cc1cc(P(C)(C)=O)ccc1N. The first-order chi connectivity index (χ1) is 47.4. The smallest absolute Gasteiger partial charge is 0.258 e. The number of rotatable bonds is 13. The fraction of sp³-hybridized carbons (Fsp3) is 0.260. The first-order valence-corrected chi connectivity index (χ1v) is 37.6. The van der Waals surface area contributed by atoms with E-state index in [1.54, 1.807) is 70.9 Å². The molecule has 526 valence electrons. The first-order valence-electron chi connectivity index (χ1n) is 31.6. The van der Waals surface area contributed by atoms with E-state index in [9.17, 15) is 9.13 Å². The molecule has 0 spiro atoms. The predicted molar refractivity (Wildman–Crippen MR) is 412 cm³/mol. The second-order valence-corrected chi connectivity index (χ2v) is 31.7. The molecule has 0 saturated heterocycles. The largest absolute Gasteiger partial charge is 0.496 e. The van der Waals surface area contributed by atoms with Gasteiger partial charge in [0.25, 0.3) is 17.3 Å². The van der Waals surface area contributed by atoms with Gasteiger partial charge >= 0.3 is 0 Å². The van der Waals surface area contributed by atoms with Crippen LogP contribution in [0.25, 0.3) is 40.1 Å². The van der Waals surface area contributed by atoms with Gasteiger partial charge in [0.05, 0.1) is 37.2 Å². The molecule has 13 aromatic rings. The number of ether oxygens (including phenoxy) is 3. The van der Waals surface area contributed by atoms with Crippen molar-refractivity contribution in [2.75, 3.05) is 75.4 Å². The Morgan fingerprint density at radius 2 is 0.802 bits per heavy atom. The molecule has 7 aromatic carbocycles. The zero-order valence-electron chi connectivity index (χ0n) is 59.4. The quantitative estimate of drug-likeness (QED) is 0.0529. The third-order valence-electron chi connectivity index (χ3n) is 15.5. The molecule has 6 heterocycles. The Bertz CT molecular complexity index is 5190. The van der Waals surface area contributed by atoms with E-state index in [0.717, 1.165) is 93.8 Å². The average molecular weight is 1470 g/mol. The molecule has 7 N–H and O–H groups in total. The van der Waals surface area contributed by atoms with Gasteiger partial charge < -0.3 is 50.8 Å². The number of halogens is 1. The minimum absolute atomic E-state index is 0. The molecule has 0 atom stereocenters. The highest BCUT2D eigenvalue weighted by Crippen LogP contribution is 2.38. The second kappa shape index (κ2) is 32.5. The van der Waals surface area contributed by atoms with E-state index < -0.39 is 14.3 Å². The Balaban J connectivity index is 0.000000170. The summed E-state index contributed by atoms with van der Waals surface area (Å²) in [7, 11) is 0.449. The Labute approximate surface area is 597 Å². The highest BCUT2D eigenvalue weighted by Gasteiger charge is 2.21. The molecular weight excluding hydrogens is 1380 g/mol. The number of hydrogen-bond acceptors (Lipinski definition) is 22. The summed E-state index contributed by atoms with van der Waals surface area (Å²) in [6, 6.07) is 42.7. The fourth-order valence-electron chi connectivity index (χ4n) is 10.8. The van der Waals surface area contributed by atoms with Crippen molar-refractivity contribution < 1.29 is 23.3 Å². The van der Waals surface area contributed by atoms with E-state index in [4.69, 9.17) is 30.7 Å². The summed E-state index contributed by atoms with van der Waals surface area (Å²) in [5.74, 6) is 8.34. The number of nitrogens with zero attached hydrogens (tertiary/aromatic N) is 15. The summed E-state index contributed by atoms with van der Waals surface area (Å²) in [4.78, 5) is 40.5. The summed E-state index contributed by atoms with van der Waals surface area (Å²) in [6.45, 7) is 28.8. The van der Waals surface area contributed by atoms with Gasteiger partial charge in [-0.2, -0.15) is 58.4 Å². The molecule has 0 bridgehead atoms.